The molecule has 2 aromatic carbocycles. The van der Waals surface area contributed by atoms with Gasteiger partial charge in [-0.2, -0.15) is 0 Å². The van der Waals surface area contributed by atoms with Gasteiger partial charge in [-0.05, 0) is 48.7 Å². The van der Waals surface area contributed by atoms with Gasteiger partial charge in [0.05, 0.1) is 18.8 Å². The van der Waals surface area contributed by atoms with Crippen molar-refractivity contribution in [1.29, 1.82) is 0 Å². The molecule has 1 aliphatic rings. The van der Waals surface area contributed by atoms with Crippen LogP contribution in [0.2, 0.25) is 0 Å². The van der Waals surface area contributed by atoms with E-state index in [9.17, 15) is 9.18 Å². The van der Waals surface area contributed by atoms with Crippen LogP contribution in [-0.2, 0) is 0 Å². The number of carbonyl (C=O) groups is 1. The van der Waals surface area contributed by atoms with E-state index in [1.54, 1.807) is 30.6 Å². The van der Waals surface area contributed by atoms with E-state index in [0.29, 0.717) is 5.56 Å². The van der Waals surface area contributed by atoms with Crippen molar-refractivity contribution in [2.45, 2.75) is 19.0 Å². The predicted octanol–water partition coefficient (Wildman–Crippen LogP) is 4.58. The van der Waals surface area contributed by atoms with Crippen LogP contribution in [0.1, 0.15) is 28.2 Å². The molecule has 1 N–H and O–H groups in total. The smallest absolute Gasteiger partial charge is 0.251 e. The molecule has 32 heavy (non-hydrogen) atoms. The lowest BCUT2D eigenvalue weighted by Gasteiger charge is -2.42. The van der Waals surface area contributed by atoms with Crippen molar-refractivity contribution in [3.8, 4) is 5.75 Å². The van der Waals surface area contributed by atoms with Gasteiger partial charge in [-0.1, -0.05) is 24.3 Å². The summed E-state index contributed by atoms with van der Waals surface area (Å²) in [6.45, 7) is 5.48. The van der Waals surface area contributed by atoms with Crippen molar-refractivity contribution in [2.75, 3.05) is 38.2 Å². The zero-order valence-corrected chi connectivity index (χ0v) is 19.1. The minimum absolute atomic E-state index is 0.0485. The number of nitrogens with one attached hydrogen (secondary N) is 1. The first-order valence-corrected chi connectivity index (χ1v) is 11.7. The number of carbonyl (C=O) groups excluding carboxylic acids is 1. The summed E-state index contributed by atoms with van der Waals surface area (Å²) in [7, 11) is 1.70. The number of amides is 1. The number of para-hydroxylation sites is 2. The van der Waals surface area contributed by atoms with Crippen LogP contribution in [0.3, 0.4) is 0 Å². The Morgan fingerprint density at radius 1 is 1.06 bits per heavy atom. The van der Waals surface area contributed by atoms with E-state index in [1.165, 1.54) is 17.0 Å². The first kappa shape index (κ1) is 22.3. The molecule has 0 unspecified atom stereocenters. The fraction of sp³-hybridized carbons (Fsp3) is 0.320. The van der Waals surface area contributed by atoms with Gasteiger partial charge in [-0.25, -0.2) is 4.39 Å². The molecule has 1 aliphatic heterocycles. The number of piperazine rings is 1. The lowest BCUT2D eigenvalue weighted by Crippen LogP contribution is -2.52. The molecule has 0 radical (unpaired) electrons. The van der Waals surface area contributed by atoms with Gasteiger partial charge in [0.25, 0.3) is 5.91 Å². The van der Waals surface area contributed by atoms with Crippen molar-refractivity contribution in [2.24, 2.45) is 0 Å². The van der Waals surface area contributed by atoms with Crippen LogP contribution in [0.25, 0.3) is 0 Å². The van der Waals surface area contributed by atoms with E-state index in [1.807, 2.05) is 31.2 Å². The normalized spacial score (nSPS) is 16.4. The maximum Gasteiger partial charge on any atom is 0.251 e. The summed E-state index contributed by atoms with van der Waals surface area (Å²) in [4.78, 5) is 18.7. The Balaban J connectivity index is 1.47. The van der Waals surface area contributed by atoms with Gasteiger partial charge in [0.2, 0.25) is 0 Å². The average Bonchev–Trinajstić information content (AvgIpc) is 3.34. The highest BCUT2D eigenvalue weighted by Gasteiger charge is 2.31. The lowest BCUT2D eigenvalue weighted by atomic mass is 10.0. The van der Waals surface area contributed by atoms with E-state index in [-0.39, 0.29) is 18.0 Å². The van der Waals surface area contributed by atoms with Crippen molar-refractivity contribution < 1.29 is 13.9 Å². The van der Waals surface area contributed by atoms with Crippen molar-refractivity contribution in [1.82, 2.24) is 10.2 Å². The van der Waals surface area contributed by atoms with Crippen LogP contribution in [-0.4, -0.2) is 50.1 Å². The quantitative estimate of drug-likeness (QED) is 0.569. The molecule has 4 rings (SSSR count). The Morgan fingerprint density at radius 3 is 2.53 bits per heavy atom. The number of thiophene rings is 1. The van der Waals surface area contributed by atoms with Crippen molar-refractivity contribution in [3.63, 3.8) is 0 Å². The summed E-state index contributed by atoms with van der Waals surface area (Å²) >= 11 is 1.70. The summed E-state index contributed by atoms with van der Waals surface area (Å²) in [5.41, 5.74) is 1.44. The fourth-order valence-corrected chi connectivity index (χ4v) is 5.30. The lowest BCUT2D eigenvalue weighted by molar-refractivity contribution is 0.0890. The second-order valence-electron chi connectivity index (χ2n) is 7.93. The maximum atomic E-state index is 13.6. The summed E-state index contributed by atoms with van der Waals surface area (Å²) in [5, 5.41) is 5.16. The van der Waals surface area contributed by atoms with Crippen LogP contribution in [0.15, 0.2) is 66.0 Å². The number of hydrogen-bond acceptors (Lipinski definition) is 5. The van der Waals surface area contributed by atoms with E-state index in [2.05, 4.69) is 32.6 Å². The van der Waals surface area contributed by atoms with Crippen molar-refractivity contribution in [3.05, 3.63) is 82.3 Å². The molecule has 2 atom stereocenters. The van der Waals surface area contributed by atoms with Crippen LogP contribution in [0.5, 0.6) is 5.75 Å². The molecule has 0 spiro atoms. The third kappa shape index (κ3) is 4.95. The van der Waals surface area contributed by atoms with Crippen LogP contribution < -0.4 is 15.0 Å². The van der Waals surface area contributed by atoms with E-state index < -0.39 is 5.82 Å². The molecule has 1 fully saturated rings. The zero-order valence-electron chi connectivity index (χ0n) is 18.3. The number of benzene rings is 2. The molecule has 0 bridgehead atoms. The SMILES string of the molecule is COc1ccccc1N1CCN([C@H](c2cccs2)[C@H](C)NC(=O)c2cccc(F)c2)CC1. The zero-order chi connectivity index (χ0) is 22.5. The van der Waals surface area contributed by atoms with Gasteiger partial charge in [-0.3, -0.25) is 9.69 Å². The van der Waals surface area contributed by atoms with E-state index in [0.717, 1.165) is 37.6 Å². The number of nitrogens with zero attached hydrogens (tertiary/aromatic N) is 2. The molecule has 1 amide bonds. The van der Waals surface area contributed by atoms with Gasteiger partial charge in [0.15, 0.2) is 0 Å². The number of ether oxygens (including phenoxy) is 1. The molecule has 5 nitrogen and oxygen atoms in total. The molecule has 7 heteroatoms. The minimum atomic E-state index is -0.410. The summed E-state index contributed by atoms with van der Waals surface area (Å²) in [6.07, 6.45) is 0. The summed E-state index contributed by atoms with van der Waals surface area (Å²) < 4.78 is 19.1. The molecule has 0 saturated carbocycles. The first-order valence-electron chi connectivity index (χ1n) is 10.8. The Hall–Kier alpha value is -2.90. The standard InChI is InChI=1S/C25H28FN3O2S/c1-18(27-25(30)19-7-5-8-20(26)17-19)24(23-11-6-16-32-23)29-14-12-28(13-15-29)21-9-3-4-10-22(21)31-2/h3-11,16-18,24H,12-15H2,1-2H3,(H,27,30)/t18-,24-/m0/s1. The molecule has 2 heterocycles. The Morgan fingerprint density at radius 2 is 1.84 bits per heavy atom. The Bertz CT molecular complexity index is 1040. The monoisotopic (exact) mass is 453 g/mol. The van der Waals surface area contributed by atoms with Gasteiger partial charge >= 0.3 is 0 Å². The minimum Gasteiger partial charge on any atom is -0.495 e. The number of methoxy groups -OCH3 is 1. The average molecular weight is 454 g/mol. The summed E-state index contributed by atoms with van der Waals surface area (Å²) in [5.74, 6) is 0.213. The number of hydrogen-bond donors (Lipinski definition) is 1. The third-order valence-corrected chi connectivity index (χ3v) is 6.83. The largest absolute Gasteiger partial charge is 0.495 e. The number of halogens is 1. The van der Waals surface area contributed by atoms with Gasteiger partial charge < -0.3 is 15.0 Å². The second-order valence-corrected chi connectivity index (χ2v) is 8.91. The number of anilines is 1. The molecule has 168 valence electrons. The molecular weight excluding hydrogens is 425 g/mol. The summed E-state index contributed by atoms with van der Waals surface area (Å²) in [6, 6.07) is 18.0. The van der Waals surface area contributed by atoms with Crippen LogP contribution >= 0.6 is 11.3 Å². The van der Waals surface area contributed by atoms with E-state index >= 15 is 0 Å². The van der Waals surface area contributed by atoms with Gasteiger partial charge in [0.1, 0.15) is 11.6 Å². The predicted molar refractivity (Wildman–Crippen MR) is 127 cm³/mol. The highest BCUT2D eigenvalue weighted by Crippen LogP contribution is 2.32. The van der Waals surface area contributed by atoms with Gasteiger partial charge in [0, 0.05) is 42.7 Å². The Kier molecular flexibility index (Phi) is 7.07. The maximum absolute atomic E-state index is 13.6. The second kappa shape index (κ2) is 10.1. The topological polar surface area (TPSA) is 44.8 Å². The Labute approximate surface area is 192 Å². The van der Waals surface area contributed by atoms with Gasteiger partial charge in [-0.15, -0.1) is 11.3 Å². The molecule has 1 aromatic heterocycles. The first-order chi connectivity index (χ1) is 15.6. The molecule has 3 aromatic rings. The fourth-order valence-electron chi connectivity index (χ4n) is 4.33. The molecule has 0 aliphatic carbocycles. The van der Waals surface area contributed by atoms with Crippen molar-refractivity contribution >= 4 is 22.9 Å². The van der Waals surface area contributed by atoms with Crippen LogP contribution in [0, 0.1) is 5.82 Å². The molecular formula is C25H28FN3O2S. The van der Waals surface area contributed by atoms with Crippen LogP contribution in [0.4, 0.5) is 10.1 Å². The highest BCUT2D eigenvalue weighted by molar-refractivity contribution is 7.10. The number of rotatable bonds is 7. The van der Waals surface area contributed by atoms with E-state index in [4.69, 9.17) is 4.74 Å². The third-order valence-electron chi connectivity index (χ3n) is 5.89. The molecule has 1 saturated heterocycles. The highest BCUT2D eigenvalue weighted by atomic mass is 32.1.